The highest BCUT2D eigenvalue weighted by Gasteiger charge is 2.39. The fourth-order valence-electron chi connectivity index (χ4n) is 1.56. The minimum atomic E-state index is -4.75. The third-order valence-electron chi connectivity index (χ3n) is 3.03. The Balaban J connectivity index is 2.73. The third kappa shape index (κ3) is 3.86. The predicted molar refractivity (Wildman–Crippen MR) is 69.0 cm³/mol. The van der Waals surface area contributed by atoms with Crippen LogP contribution in [0.3, 0.4) is 0 Å². The van der Waals surface area contributed by atoms with Crippen LogP contribution in [0, 0.1) is 0 Å². The van der Waals surface area contributed by atoms with Gasteiger partial charge in [-0.1, -0.05) is 12.1 Å². The second-order valence-electron chi connectivity index (χ2n) is 5.01. The van der Waals surface area contributed by atoms with Gasteiger partial charge in [-0.15, -0.1) is 0 Å². The van der Waals surface area contributed by atoms with Gasteiger partial charge in [-0.25, -0.2) is 0 Å². The van der Waals surface area contributed by atoms with Gasteiger partial charge in [0.25, 0.3) is 0 Å². The molecule has 1 aromatic carbocycles. The number of aliphatic hydroxyl groups excluding tert-OH is 1. The second-order valence-corrected chi connectivity index (χ2v) is 5.01. The fourth-order valence-corrected chi connectivity index (χ4v) is 1.56. The quantitative estimate of drug-likeness (QED) is 0.737. The van der Waals surface area contributed by atoms with Gasteiger partial charge in [0.1, 0.15) is 0 Å². The van der Waals surface area contributed by atoms with E-state index >= 15 is 0 Å². The summed E-state index contributed by atoms with van der Waals surface area (Å²) in [5, 5.41) is 11.0. The Morgan fingerprint density at radius 1 is 1.30 bits per heavy atom. The summed E-state index contributed by atoms with van der Waals surface area (Å²) in [6, 6.07) is 6.48. The molecule has 1 rings (SSSR count). The summed E-state index contributed by atoms with van der Waals surface area (Å²) in [7, 11) is 0. The van der Waals surface area contributed by atoms with Gasteiger partial charge in [0.15, 0.2) is 6.10 Å². The van der Waals surface area contributed by atoms with E-state index in [2.05, 4.69) is 5.32 Å². The van der Waals surface area contributed by atoms with Gasteiger partial charge in [-0.2, -0.15) is 13.2 Å². The predicted octanol–water partition coefficient (Wildman–Crippen LogP) is 1.59. The van der Waals surface area contributed by atoms with Crippen LogP contribution in [-0.2, 0) is 10.2 Å². The number of alkyl halides is 3. The Morgan fingerprint density at radius 2 is 1.80 bits per heavy atom. The molecule has 20 heavy (non-hydrogen) atoms. The van der Waals surface area contributed by atoms with Crippen LogP contribution in [0.25, 0.3) is 0 Å². The fraction of sp³-hybridized carbons (Fsp3) is 0.462. The van der Waals surface area contributed by atoms with Gasteiger partial charge < -0.3 is 16.2 Å². The first-order valence-corrected chi connectivity index (χ1v) is 5.94. The van der Waals surface area contributed by atoms with Crippen LogP contribution < -0.4 is 11.1 Å². The van der Waals surface area contributed by atoms with Crippen LogP contribution in [0.5, 0.6) is 0 Å². The normalized spacial score (nSPS) is 13.9. The molecule has 0 aliphatic carbocycles. The molecule has 4 N–H and O–H groups in total. The van der Waals surface area contributed by atoms with Crippen LogP contribution >= 0.6 is 0 Å². The number of carbonyl (C=O) groups excluding carboxylic acids is 1. The van der Waals surface area contributed by atoms with Crippen molar-refractivity contribution < 1.29 is 23.1 Å². The van der Waals surface area contributed by atoms with Crippen LogP contribution in [0.2, 0.25) is 0 Å². The highest BCUT2D eigenvalue weighted by molar-refractivity contribution is 5.87. The smallest absolute Gasteiger partial charge is 0.399 e. The van der Waals surface area contributed by atoms with Crippen LogP contribution in [0.15, 0.2) is 24.3 Å². The Kier molecular flexibility index (Phi) is 4.65. The summed E-state index contributed by atoms with van der Waals surface area (Å²) in [6.07, 6.45) is -7.33. The zero-order valence-electron chi connectivity index (χ0n) is 11.2. The standard InChI is InChI=1S/C13H17F3N2O2/c1-12(2,8-3-5-9(17)6-4-8)11(20)18-7-10(19)13(14,15)16/h3-6,10,19H,7,17H2,1-2H3,(H,18,20). The lowest BCUT2D eigenvalue weighted by Crippen LogP contribution is -2.46. The van der Waals surface area contributed by atoms with Gasteiger partial charge in [0.05, 0.1) is 12.0 Å². The minimum Gasteiger partial charge on any atom is -0.399 e. The molecule has 0 aliphatic heterocycles. The van der Waals surface area contributed by atoms with Gasteiger partial charge >= 0.3 is 6.18 Å². The SMILES string of the molecule is CC(C)(C(=O)NCC(O)C(F)(F)F)c1ccc(N)cc1. The molecule has 0 heterocycles. The molecule has 0 saturated carbocycles. The van der Waals surface area contributed by atoms with Crippen molar-refractivity contribution in [3.05, 3.63) is 29.8 Å². The minimum absolute atomic E-state index is 0.525. The van der Waals surface area contributed by atoms with Crippen LogP contribution in [0.4, 0.5) is 18.9 Å². The zero-order chi connectivity index (χ0) is 15.6. The van der Waals surface area contributed by atoms with Crippen LogP contribution in [-0.4, -0.2) is 29.8 Å². The maximum atomic E-state index is 12.1. The number of aliphatic hydroxyl groups is 1. The number of halogens is 3. The molecular weight excluding hydrogens is 273 g/mol. The molecule has 4 nitrogen and oxygen atoms in total. The highest BCUT2D eigenvalue weighted by atomic mass is 19.4. The highest BCUT2D eigenvalue weighted by Crippen LogP contribution is 2.25. The second kappa shape index (κ2) is 5.70. The monoisotopic (exact) mass is 290 g/mol. The van der Waals surface area contributed by atoms with Crippen molar-refractivity contribution in [2.75, 3.05) is 12.3 Å². The Hall–Kier alpha value is -1.76. The molecule has 1 atom stereocenters. The van der Waals surface area contributed by atoms with Crippen molar-refractivity contribution in [2.24, 2.45) is 0 Å². The Labute approximate surface area is 114 Å². The van der Waals surface area contributed by atoms with E-state index in [0.717, 1.165) is 0 Å². The lowest BCUT2D eigenvalue weighted by Gasteiger charge is -2.25. The molecule has 1 amide bonds. The number of nitrogens with one attached hydrogen (secondary N) is 1. The lowest BCUT2D eigenvalue weighted by atomic mass is 9.83. The number of nitrogen functional groups attached to an aromatic ring is 1. The van der Waals surface area contributed by atoms with Gasteiger partial charge in [-0.05, 0) is 31.5 Å². The molecular formula is C13H17F3N2O2. The first-order valence-electron chi connectivity index (χ1n) is 5.94. The largest absolute Gasteiger partial charge is 0.416 e. The van der Waals surface area contributed by atoms with E-state index in [1.54, 1.807) is 38.1 Å². The summed E-state index contributed by atoms with van der Waals surface area (Å²) in [4.78, 5) is 12.0. The van der Waals surface area contributed by atoms with Crippen LogP contribution in [0.1, 0.15) is 19.4 Å². The van der Waals surface area contributed by atoms with Crippen molar-refractivity contribution in [1.29, 1.82) is 0 Å². The molecule has 0 saturated heterocycles. The average molecular weight is 290 g/mol. The maximum Gasteiger partial charge on any atom is 0.416 e. The zero-order valence-corrected chi connectivity index (χ0v) is 11.2. The summed E-state index contributed by atoms with van der Waals surface area (Å²) in [5.41, 5.74) is 5.65. The number of benzene rings is 1. The van der Waals surface area contributed by atoms with E-state index in [1.165, 1.54) is 0 Å². The van der Waals surface area contributed by atoms with Crippen molar-refractivity contribution in [1.82, 2.24) is 5.32 Å². The van der Waals surface area contributed by atoms with E-state index in [-0.39, 0.29) is 0 Å². The van der Waals surface area contributed by atoms with E-state index in [9.17, 15) is 18.0 Å². The van der Waals surface area contributed by atoms with Crippen molar-refractivity contribution >= 4 is 11.6 Å². The molecule has 1 aromatic rings. The number of anilines is 1. The molecule has 1 unspecified atom stereocenters. The number of amides is 1. The molecule has 0 aliphatic rings. The topological polar surface area (TPSA) is 75.3 Å². The summed E-state index contributed by atoms with van der Waals surface area (Å²) < 4.78 is 36.4. The van der Waals surface area contributed by atoms with E-state index in [1.807, 2.05) is 0 Å². The first-order chi connectivity index (χ1) is 9.05. The van der Waals surface area contributed by atoms with E-state index in [4.69, 9.17) is 10.8 Å². The van der Waals surface area contributed by atoms with Gasteiger partial charge in [0.2, 0.25) is 5.91 Å². The maximum absolute atomic E-state index is 12.1. The molecule has 7 heteroatoms. The number of hydrogen-bond acceptors (Lipinski definition) is 3. The Morgan fingerprint density at radius 3 is 2.25 bits per heavy atom. The summed E-state index contributed by atoms with van der Waals surface area (Å²) in [6.45, 7) is 2.28. The van der Waals surface area contributed by atoms with Gasteiger partial charge in [-0.3, -0.25) is 4.79 Å². The Bertz CT molecular complexity index is 469. The summed E-state index contributed by atoms with van der Waals surface area (Å²) >= 11 is 0. The van der Waals surface area contributed by atoms with E-state index < -0.39 is 30.1 Å². The van der Waals surface area contributed by atoms with Gasteiger partial charge in [0, 0.05) is 5.69 Å². The van der Waals surface area contributed by atoms with E-state index in [0.29, 0.717) is 11.3 Å². The molecule has 0 fully saturated rings. The summed E-state index contributed by atoms with van der Waals surface area (Å²) in [5.74, 6) is -0.606. The molecule has 0 bridgehead atoms. The molecule has 0 spiro atoms. The lowest BCUT2D eigenvalue weighted by molar-refractivity contribution is -0.202. The average Bonchev–Trinajstić information content (AvgIpc) is 2.34. The molecule has 0 aromatic heterocycles. The first kappa shape index (κ1) is 16.3. The third-order valence-corrected chi connectivity index (χ3v) is 3.03. The number of nitrogens with two attached hydrogens (primary N) is 1. The number of hydrogen-bond donors (Lipinski definition) is 3. The number of carbonyl (C=O) groups is 1. The van der Waals surface area contributed by atoms with Crippen molar-refractivity contribution in [2.45, 2.75) is 31.5 Å². The van der Waals surface area contributed by atoms with Crippen molar-refractivity contribution in [3.8, 4) is 0 Å². The molecule has 0 radical (unpaired) electrons. The number of rotatable bonds is 4. The van der Waals surface area contributed by atoms with Crippen molar-refractivity contribution in [3.63, 3.8) is 0 Å². The molecule has 112 valence electrons.